The fourth-order valence-electron chi connectivity index (χ4n) is 2.17. The molecule has 0 saturated carbocycles. The highest BCUT2D eigenvalue weighted by Gasteiger charge is 2.25. The lowest BCUT2D eigenvalue weighted by molar-refractivity contribution is 0.0695. The maximum Gasteiger partial charge on any atom is 0.336 e. The van der Waals surface area contributed by atoms with Gasteiger partial charge in [0, 0.05) is 0 Å². The molecular weight excluding hydrogens is 324 g/mol. The van der Waals surface area contributed by atoms with Gasteiger partial charge in [-0.15, -0.1) is 0 Å². The van der Waals surface area contributed by atoms with Crippen molar-refractivity contribution in [2.75, 3.05) is 0 Å². The lowest BCUT2D eigenvalue weighted by atomic mass is 9.97. The van der Waals surface area contributed by atoms with E-state index in [2.05, 4.69) is 0 Å². The third-order valence-corrected chi connectivity index (χ3v) is 4.11. The Labute approximate surface area is 131 Å². The zero-order valence-electron chi connectivity index (χ0n) is 11.6. The van der Waals surface area contributed by atoms with Crippen molar-refractivity contribution < 1.29 is 32.8 Å². The topological polar surface area (TPSA) is 129 Å². The number of benzene rings is 2. The van der Waals surface area contributed by atoms with Gasteiger partial charge in [-0.1, -0.05) is 30.3 Å². The van der Waals surface area contributed by atoms with E-state index in [0.717, 1.165) is 12.1 Å². The van der Waals surface area contributed by atoms with Crippen molar-refractivity contribution in [1.29, 1.82) is 0 Å². The quantitative estimate of drug-likeness (QED) is 0.711. The van der Waals surface area contributed by atoms with Crippen molar-refractivity contribution in [3.63, 3.8) is 0 Å². The van der Waals surface area contributed by atoms with E-state index in [9.17, 15) is 27.7 Å². The first kappa shape index (κ1) is 16.7. The highest BCUT2D eigenvalue weighted by Crippen LogP contribution is 2.25. The number of carbonyl (C=O) groups is 2. The third kappa shape index (κ3) is 3.74. The van der Waals surface area contributed by atoms with Crippen LogP contribution < -0.4 is 0 Å². The van der Waals surface area contributed by atoms with E-state index in [4.69, 9.17) is 5.11 Å². The lowest BCUT2D eigenvalue weighted by Crippen LogP contribution is -2.13. The van der Waals surface area contributed by atoms with Gasteiger partial charge in [-0.05, 0) is 29.7 Å². The van der Waals surface area contributed by atoms with Crippen LogP contribution in [-0.4, -0.2) is 35.1 Å². The Morgan fingerprint density at radius 3 is 2.04 bits per heavy atom. The minimum Gasteiger partial charge on any atom is -0.478 e. The molecular formula is C15H12O7S. The smallest absolute Gasteiger partial charge is 0.336 e. The molecule has 0 radical (unpaired) electrons. The molecule has 0 aromatic heterocycles. The van der Waals surface area contributed by atoms with Crippen molar-refractivity contribution >= 4 is 22.1 Å². The summed E-state index contributed by atoms with van der Waals surface area (Å²) in [5.74, 6) is -2.98. The molecule has 0 atom stereocenters. The van der Waals surface area contributed by atoms with Crippen LogP contribution >= 0.6 is 0 Å². The van der Waals surface area contributed by atoms with Crippen LogP contribution in [0.5, 0.6) is 0 Å². The van der Waals surface area contributed by atoms with E-state index in [0.29, 0.717) is 5.56 Å². The zero-order valence-corrected chi connectivity index (χ0v) is 12.4. The molecule has 0 unspecified atom stereocenters. The van der Waals surface area contributed by atoms with Crippen LogP contribution in [-0.2, 0) is 16.5 Å². The molecule has 0 aliphatic carbocycles. The van der Waals surface area contributed by atoms with E-state index in [1.165, 1.54) is 0 Å². The van der Waals surface area contributed by atoms with Crippen LogP contribution in [0.25, 0.3) is 0 Å². The summed E-state index contributed by atoms with van der Waals surface area (Å²) >= 11 is 0. The molecule has 0 aliphatic rings. The Balaban J connectivity index is 2.76. The number of carboxylic acid groups (broad SMARTS) is 2. The van der Waals surface area contributed by atoms with Gasteiger partial charge in [0.15, 0.2) is 0 Å². The average Bonchev–Trinajstić information content (AvgIpc) is 2.46. The van der Waals surface area contributed by atoms with Gasteiger partial charge in [0.25, 0.3) is 10.1 Å². The Bertz CT molecular complexity index is 870. The van der Waals surface area contributed by atoms with Crippen molar-refractivity contribution in [3.05, 3.63) is 64.7 Å². The van der Waals surface area contributed by atoms with Crippen LogP contribution in [0.3, 0.4) is 0 Å². The van der Waals surface area contributed by atoms with Crippen LogP contribution in [0.15, 0.2) is 47.4 Å². The standard InChI is InChI=1S/C15H12O7S/c16-14(17)10-7-12(15(18)19)11(13(8-10)23(20,21)22)6-9-4-2-1-3-5-9/h1-5,7-8H,6H2,(H,16,17)(H,18,19)(H,20,21,22). The molecule has 0 amide bonds. The van der Waals surface area contributed by atoms with Gasteiger partial charge < -0.3 is 10.2 Å². The molecule has 2 rings (SSSR count). The van der Waals surface area contributed by atoms with E-state index in [1.54, 1.807) is 30.3 Å². The third-order valence-electron chi connectivity index (χ3n) is 3.19. The molecule has 7 nitrogen and oxygen atoms in total. The maximum atomic E-state index is 11.6. The molecule has 23 heavy (non-hydrogen) atoms. The largest absolute Gasteiger partial charge is 0.478 e. The summed E-state index contributed by atoms with van der Waals surface area (Å²) in [6.45, 7) is 0. The predicted octanol–water partition coefficient (Wildman–Crippen LogP) is 1.92. The van der Waals surface area contributed by atoms with E-state index in [-0.39, 0.29) is 12.0 Å². The van der Waals surface area contributed by atoms with Crippen molar-refractivity contribution in [3.8, 4) is 0 Å². The van der Waals surface area contributed by atoms with Gasteiger partial charge in [-0.25, -0.2) is 9.59 Å². The summed E-state index contributed by atoms with van der Waals surface area (Å²) in [6.07, 6.45) is -0.0858. The summed E-state index contributed by atoms with van der Waals surface area (Å²) in [7, 11) is -4.79. The molecule has 0 heterocycles. The molecule has 120 valence electrons. The van der Waals surface area contributed by atoms with Crippen molar-refractivity contribution in [1.82, 2.24) is 0 Å². The molecule has 8 heteroatoms. The lowest BCUT2D eigenvalue weighted by Gasteiger charge is -2.12. The minimum absolute atomic E-state index is 0.0858. The van der Waals surface area contributed by atoms with Gasteiger partial charge in [0.2, 0.25) is 0 Å². The fourth-order valence-corrected chi connectivity index (χ4v) is 2.94. The number of carboxylic acids is 2. The number of aromatic carboxylic acids is 2. The number of hydrogen-bond donors (Lipinski definition) is 3. The normalized spacial score (nSPS) is 11.2. The highest BCUT2D eigenvalue weighted by molar-refractivity contribution is 7.85. The second-order valence-electron chi connectivity index (χ2n) is 4.75. The molecule has 2 aromatic carbocycles. The van der Waals surface area contributed by atoms with Gasteiger partial charge in [-0.3, -0.25) is 4.55 Å². The summed E-state index contributed by atoms with van der Waals surface area (Å²) in [5.41, 5.74) is -0.576. The first-order chi connectivity index (χ1) is 10.7. The van der Waals surface area contributed by atoms with Crippen molar-refractivity contribution in [2.45, 2.75) is 11.3 Å². The Morgan fingerprint density at radius 2 is 1.57 bits per heavy atom. The summed E-state index contributed by atoms with van der Waals surface area (Å²) in [6, 6.07) is 10.1. The van der Waals surface area contributed by atoms with E-state index in [1.807, 2.05) is 0 Å². The minimum atomic E-state index is -4.79. The Hall–Kier alpha value is -2.71. The summed E-state index contributed by atoms with van der Waals surface area (Å²) in [4.78, 5) is 21.7. The van der Waals surface area contributed by atoms with E-state index >= 15 is 0 Å². The molecule has 3 N–H and O–H groups in total. The molecule has 0 spiro atoms. The summed E-state index contributed by atoms with van der Waals surface area (Å²) in [5, 5.41) is 18.3. The van der Waals surface area contributed by atoms with Crippen LogP contribution in [0.1, 0.15) is 31.8 Å². The Morgan fingerprint density at radius 1 is 0.957 bits per heavy atom. The molecule has 0 saturated heterocycles. The number of hydrogen-bond acceptors (Lipinski definition) is 4. The second kappa shape index (κ2) is 6.19. The van der Waals surface area contributed by atoms with Gasteiger partial charge in [0.1, 0.15) is 0 Å². The molecule has 0 aliphatic heterocycles. The highest BCUT2D eigenvalue weighted by atomic mass is 32.2. The predicted molar refractivity (Wildman–Crippen MR) is 79.4 cm³/mol. The molecule has 2 aromatic rings. The van der Waals surface area contributed by atoms with Crippen molar-refractivity contribution in [2.24, 2.45) is 0 Å². The molecule has 0 bridgehead atoms. The van der Waals surface area contributed by atoms with Crippen LogP contribution in [0.2, 0.25) is 0 Å². The van der Waals surface area contributed by atoms with Gasteiger partial charge >= 0.3 is 11.9 Å². The monoisotopic (exact) mass is 336 g/mol. The van der Waals surface area contributed by atoms with Gasteiger partial charge in [0.05, 0.1) is 16.0 Å². The van der Waals surface area contributed by atoms with Gasteiger partial charge in [-0.2, -0.15) is 8.42 Å². The SMILES string of the molecule is O=C(O)c1cc(C(=O)O)c(Cc2ccccc2)c(S(=O)(=O)O)c1. The average molecular weight is 336 g/mol. The van der Waals surface area contributed by atoms with Crippen LogP contribution in [0, 0.1) is 0 Å². The first-order valence-electron chi connectivity index (χ1n) is 6.35. The zero-order chi connectivity index (χ0) is 17.2. The van der Waals surface area contributed by atoms with Crippen LogP contribution in [0.4, 0.5) is 0 Å². The molecule has 0 fully saturated rings. The fraction of sp³-hybridized carbons (Fsp3) is 0.0667. The Kier molecular flexibility index (Phi) is 4.48. The first-order valence-corrected chi connectivity index (χ1v) is 7.79. The summed E-state index contributed by atoms with van der Waals surface area (Å²) < 4.78 is 32.5. The number of rotatable bonds is 5. The second-order valence-corrected chi connectivity index (χ2v) is 6.14. The maximum absolute atomic E-state index is 11.6. The van der Waals surface area contributed by atoms with E-state index < -0.39 is 38.1 Å².